The van der Waals surface area contributed by atoms with Crippen LogP contribution in [0.15, 0.2) is 9.95 Å². The van der Waals surface area contributed by atoms with Gasteiger partial charge in [0.2, 0.25) is 0 Å². The molecule has 0 fully saturated rings. The quantitative estimate of drug-likeness (QED) is 0.738. The molecule has 0 bridgehead atoms. The van der Waals surface area contributed by atoms with Gasteiger partial charge in [0.15, 0.2) is 5.16 Å². The van der Waals surface area contributed by atoms with Gasteiger partial charge in [-0.05, 0) is 6.42 Å². The summed E-state index contributed by atoms with van der Waals surface area (Å²) in [6, 6.07) is 2.00. The highest BCUT2D eigenvalue weighted by Gasteiger charge is 2.07. The molecular weight excluding hydrogens is 200 g/mol. The van der Waals surface area contributed by atoms with E-state index >= 15 is 0 Å². The number of hydrogen-bond acceptors (Lipinski definition) is 4. The second-order valence-corrected chi connectivity index (χ2v) is 3.71. The molecular formula is C8H12N4OS. The van der Waals surface area contributed by atoms with Gasteiger partial charge in [0.05, 0.1) is 11.8 Å². The topological polar surface area (TPSA) is 74.5 Å². The van der Waals surface area contributed by atoms with Crippen LogP contribution in [0.2, 0.25) is 0 Å². The summed E-state index contributed by atoms with van der Waals surface area (Å²) in [5, 5.41) is 15.2. The maximum absolute atomic E-state index is 11.3. The van der Waals surface area contributed by atoms with Crippen molar-refractivity contribution in [3.8, 4) is 6.07 Å². The summed E-state index contributed by atoms with van der Waals surface area (Å²) in [4.78, 5) is 11.3. The molecule has 6 heteroatoms. The number of rotatable bonds is 5. The fourth-order valence-electron chi connectivity index (χ4n) is 1.02. The third-order valence-electron chi connectivity index (χ3n) is 1.72. The van der Waals surface area contributed by atoms with Crippen molar-refractivity contribution < 1.29 is 0 Å². The van der Waals surface area contributed by atoms with Gasteiger partial charge in [-0.25, -0.2) is 9.89 Å². The normalized spacial score (nSPS) is 10.0. The Hall–Kier alpha value is -1.22. The Morgan fingerprint density at radius 2 is 2.50 bits per heavy atom. The zero-order valence-electron chi connectivity index (χ0n) is 7.99. The fraction of sp³-hybridized carbons (Fsp3) is 0.625. The molecule has 76 valence electrons. The number of aromatic amines is 1. The number of nitrogens with one attached hydrogen (secondary N) is 1. The highest BCUT2D eigenvalue weighted by Crippen LogP contribution is 2.12. The van der Waals surface area contributed by atoms with Crippen LogP contribution in [0.1, 0.15) is 19.8 Å². The van der Waals surface area contributed by atoms with E-state index in [9.17, 15) is 4.79 Å². The first kappa shape index (κ1) is 10.9. The van der Waals surface area contributed by atoms with Crippen molar-refractivity contribution in [3.05, 3.63) is 10.5 Å². The molecule has 1 aromatic heterocycles. The van der Waals surface area contributed by atoms with Gasteiger partial charge in [-0.1, -0.05) is 25.1 Å². The molecule has 0 unspecified atom stereocenters. The molecule has 5 nitrogen and oxygen atoms in total. The number of hydrogen-bond donors (Lipinski definition) is 1. The van der Waals surface area contributed by atoms with E-state index in [0.717, 1.165) is 12.8 Å². The molecule has 14 heavy (non-hydrogen) atoms. The van der Waals surface area contributed by atoms with Gasteiger partial charge in [0.25, 0.3) is 0 Å². The zero-order chi connectivity index (χ0) is 10.4. The minimum Gasteiger partial charge on any atom is -0.270 e. The first-order chi connectivity index (χ1) is 6.79. The summed E-state index contributed by atoms with van der Waals surface area (Å²) in [6.07, 6.45) is 1.97. The van der Waals surface area contributed by atoms with Crippen LogP contribution >= 0.6 is 11.8 Å². The Morgan fingerprint density at radius 3 is 3.14 bits per heavy atom. The van der Waals surface area contributed by atoms with Crippen LogP contribution in [0.4, 0.5) is 0 Å². The average molecular weight is 212 g/mol. The number of nitriles is 1. The molecule has 0 amide bonds. The second-order valence-electron chi connectivity index (χ2n) is 2.76. The molecule has 0 saturated carbocycles. The molecule has 0 spiro atoms. The molecule has 0 radical (unpaired) electrons. The summed E-state index contributed by atoms with van der Waals surface area (Å²) in [7, 11) is 0. The largest absolute Gasteiger partial charge is 0.343 e. The van der Waals surface area contributed by atoms with E-state index in [1.807, 2.05) is 6.07 Å². The van der Waals surface area contributed by atoms with E-state index in [-0.39, 0.29) is 5.69 Å². The van der Waals surface area contributed by atoms with Crippen molar-refractivity contribution in [1.29, 1.82) is 5.26 Å². The molecule has 0 saturated heterocycles. The molecule has 0 aliphatic rings. The van der Waals surface area contributed by atoms with Crippen LogP contribution in [0.25, 0.3) is 0 Å². The van der Waals surface area contributed by atoms with Gasteiger partial charge in [0.1, 0.15) is 0 Å². The zero-order valence-corrected chi connectivity index (χ0v) is 8.80. The summed E-state index contributed by atoms with van der Waals surface area (Å²) in [5.41, 5.74) is -0.195. The van der Waals surface area contributed by atoms with Crippen molar-refractivity contribution in [1.82, 2.24) is 14.8 Å². The van der Waals surface area contributed by atoms with E-state index in [1.165, 1.54) is 11.8 Å². The second kappa shape index (κ2) is 5.50. The van der Waals surface area contributed by atoms with Gasteiger partial charge >= 0.3 is 5.69 Å². The van der Waals surface area contributed by atoms with Gasteiger partial charge < -0.3 is 0 Å². The SMILES string of the molecule is CCCCn1c(SCC#N)n[nH]c1=O. The Kier molecular flexibility index (Phi) is 4.26. The maximum Gasteiger partial charge on any atom is 0.343 e. The van der Waals surface area contributed by atoms with E-state index in [4.69, 9.17) is 5.26 Å². The highest BCUT2D eigenvalue weighted by atomic mass is 32.2. The minimum atomic E-state index is -0.195. The predicted molar refractivity (Wildman–Crippen MR) is 54.1 cm³/mol. The lowest BCUT2D eigenvalue weighted by Crippen LogP contribution is -2.17. The standard InChI is InChI=1S/C8H12N4OS/c1-2-3-5-12-7(13)10-11-8(12)14-6-4-9/h2-3,5-6H2,1H3,(H,10,13). The van der Waals surface area contributed by atoms with E-state index in [2.05, 4.69) is 17.1 Å². The lowest BCUT2D eigenvalue weighted by Gasteiger charge is -2.01. The lowest BCUT2D eigenvalue weighted by atomic mass is 10.3. The van der Waals surface area contributed by atoms with Crippen LogP contribution in [-0.4, -0.2) is 20.5 Å². The number of aromatic nitrogens is 3. The first-order valence-corrected chi connectivity index (χ1v) is 5.43. The summed E-state index contributed by atoms with van der Waals surface area (Å²) < 4.78 is 1.57. The molecule has 0 atom stereocenters. The summed E-state index contributed by atoms with van der Waals surface area (Å²) in [6.45, 7) is 2.73. The van der Waals surface area contributed by atoms with Crippen LogP contribution in [0, 0.1) is 11.3 Å². The Labute approximate surface area is 86.1 Å². The van der Waals surface area contributed by atoms with Gasteiger partial charge in [-0.3, -0.25) is 4.57 Å². The third kappa shape index (κ3) is 2.64. The van der Waals surface area contributed by atoms with Crippen molar-refractivity contribution in [2.24, 2.45) is 0 Å². The highest BCUT2D eigenvalue weighted by molar-refractivity contribution is 7.99. The van der Waals surface area contributed by atoms with Crippen LogP contribution < -0.4 is 5.69 Å². The third-order valence-corrected chi connectivity index (χ3v) is 2.57. The molecule has 1 heterocycles. The van der Waals surface area contributed by atoms with Crippen molar-refractivity contribution in [3.63, 3.8) is 0 Å². The predicted octanol–water partition coefficient (Wildman–Crippen LogP) is 0.987. The monoisotopic (exact) mass is 212 g/mol. The van der Waals surface area contributed by atoms with Gasteiger partial charge in [-0.2, -0.15) is 5.26 Å². The molecule has 0 aliphatic carbocycles. The minimum absolute atomic E-state index is 0.195. The van der Waals surface area contributed by atoms with E-state index in [0.29, 0.717) is 17.5 Å². The first-order valence-electron chi connectivity index (χ1n) is 4.44. The van der Waals surface area contributed by atoms with E-state index in [1.54, 1.807) is 4.57 Å². The number of H-pyrrole nitrogens is 1. The fourth-order valence-corrected chi connectivity index (χ4v) is 1.66. The molecule has 0 aliphatic heterocycles. The number of nitrogens with zero attached hydrogens (tertiary/aromatic N) is 3. The lowest BCUT2D eigenvalue weighted by molar-refractivity contribution is 0.573. The summed E-state index contributed by atoms with van der Waals surface area (Å²) >= 11 is 1.28. The van der Waals surface area contributed by atoms with Gasteiger partial charge in [0, 0.05) is 6.54 Å². The van der Waals surface area contributed by atoms with Gasteiger partial charge in [-0.15, -0.1) is 5.10 Å². The van der Waals surface area contributed by atoms with Crippen LogP contribution in [0.3, 0.4) is 0 Å². The Morgan fingerprint density at radius 1 is 1.71 bits per heavy atom. The smallest absolute Gasteiger partial charge is 0.270 e. The average Bonchev–Trinajstić information content (AvgIpc) is 2.53. The number of unbranched alkanes of at least 4 members (excludes halogenated alkanes) is 1. The molecule has 1 N–H and O–H groups in total. The summed E-state index contributed by atoms with van der Waals surface area (Å²) in [5.74, 6) is 0.316. The Balaban J connectivity index is 2.73. The van der Waals surface area contributed by atoms with Crippen LogP contribution in [0.5, 0.6) is 0 Å². The molecule has 0 aromatic carbocycles. The van der Waals surface area contributed by atoms with Crippen molar-refractivity contribution in [2.75, 3.05) is 5.75 Å². The Bertz CT molecular complexity index is 375. The van der Waals surface area contributed by atoms with Crippen LogP contribution in [-0.2, 0) is 6.54 Å². The number of thioether (sulfide) groups is 1. The van der Waals surface area contributed by atoms with Crippen molar-refractivity contribution in [2.45, 2.75) is 31.5 Å². The molecule has 1 rings (SSSR count). The van der Waals surface area contributed by atoms with E-state index < -0.39 is 0 Å². The molecule has 1 aromatic rings. The maximum atomic E-state index is 11.3. The van der Waals surface area contributed by atoms with Crippen molar-refractivity contribution >= 4 is 11.8 Å².